The molecule has 2 unspecified atom stereocenters. The molecule has 45 heavy (non-hydrogen) atoms. The summed E-state index contributed by atoms with van der Waals surface area (Å²) in [4.78, 5) is 55.8. The standard InChI is InChI=1S/C34H40N6O4S/c1-21(41)44-29-17-24(34(2,3)4)31(42)40(28-12-8-5-9-23(28)29)19-30-36-27(20-45-30)32(43)39-15-13-22(14-16-39)18-35-33-37-25-10-6-7-11-26(25)38-33/h5-12,20,22,24,29H,13-19H2,1-4H3,(H2,35,37,38). The fourth-order valence-electron chi connectivity index (χ4n) is 6.35. The summed E-state index contributed by atoms with van der Waals surface area (Å²) in [6, 6.07) is 15.5. The van der Waals surface area contributed by atoms with Gasteiger partial charge in [0.15, 0.2) is 0 Å². The van der Waals surface area contributed by atoms with Crippen LogP contribution in [0.4, 0.5) is 11.6 Å². The molecule has 0 bridgehead atoms. The molecule has 10 nitrogen and oxygen atoms in total. The molecule has 0 spiro atoms. The van der Waals surface area contributed by atoms with Crippen molar-refractivity contribution in [2.24, 2.45) is 17.3 Å². The van der Waals surface area contributed by atoms with E-state index in [1.165, 1.54) is 18.3 Å². The summed E-state index contributed by atoms with van der Waals surface area (Å²) in [7, 11) is 0. The number of nitrogens with one attached hydrogen (secondary N) is 2. The maximum absolute atomic E-state index is 14.1. The number of rotatable bonds is 7. The summed E-state index contributed by atoms with van der Waals surface area (Å²) in [5.41, 5.74) is 3.52. The number of amides is 2. The van der Waals surface area contributed by atoms with Crippen molar-refractivity contribution in [1.29, 1.82) is 0 Å². The lowest BCUT2D eigenvalue weighted by molar-refractivity contribution is -0.149. The third kappa shape index (κ3) is 6.73. The van der Waals surface area contributed by atoms with Crippen LogP contribution < -0.4 is 10.2 Å². The number of para-hydroxylation sites is 3. The number of nitrogens with zero attached hydrogens (tertiary/aromatic N) is 4. The number of ether oxygens (including phenoxy) is 1. The number of H-pyrrole nitrogens is 1. The summed E-state index contributed by atoms with van der Waals surface area (Å²) >= 11 is 1.39. The van der Waals surface area contributed by atoms with Crippen LogP contribution in [0.1, 0.15) is 74.1 Å². The fourth-order valence-corrected chi connectivity index (χ4v) is 7.11. The Kier molecular flexibility index (Phi) is 8.63. The maximum Gasteiger partial charge on any atom is 0.303 e. The van der Waals surface area contributed by atoms with Crippen LogP contribution in [-0.2, 0) is 20.9 Å². The van der Waals surface area contributed by atoms with Crippen molar-refractivity contribution < 1.29 is 19.1 Å². The molecule has 0 radical (unpaired) electrons. The van der Waals surface area contributed by atoms with Crippen molar-refractivity contribution in [3.05, 3.63) is 70.2 Å². The Morgan fingerprint density at radius 2 is 1.80 bits per heavy atom. The van der Waals surface area contributed by atoms with Crippen LogP contribution >= 0.6 is 11.3 Å². The molecule has 236 valence electrons. The highest BCUT2D eigenvalue weighted by Crippen LogP contribution is 2.44. The van der Waals surface area contributed by atoms with Crippen LogP contribution in [0.3, 0.4) is 0 Å². The number of thiazole rings is 1. The number of fused-ring (bicyclic) bond motifs is 2. The van der Waals surface area contributed by atoms with Crippen molar-refractivity contribution >= 4 is 51.8 Å². The molecule has 2 aliphatic heterocycles. The maximum atomic E-state index is 14.1. The predicted molar refractivity (Wildman–Crippen MR) is 175 cm³/mol. The first-order chi connectivity index (χ1) is 21.6. The van der Waals surface area contributed by atoms with Crippen LogP contribution in [0.2, 0.25) is 0 Å². The normalized spacial score (nSPS) is 19.3. The third-order valence-corrected chi connectivity index (χ3v) is 9.69. The van der Waals surface area contributed by atoms with E-state index in [4.69, 9.17) is 9.72 Å². The zero-order valence-corrected chi connectivity index (χ0v) is 27.0. The molecule has 2 aromatic carbocycles. The molecule has 0 saturated carbocycles. The second-order valence-corrected chi connectivity index (χ2v) is 14.0. The van der Waals surface area contributed by atoms with Gasteiger partial charge in [0.25, 0.3) is 5.91 Å². The lowest BCUT2D eigenvalue weighted by atomic mass is 9.76. The monoisotopic (exact) mass is 628 g/mol. The molecule has 2 N–H and O–H groups in total. The van der Waals surface area contributed by atoms with E-state index in [0.29, 0.717) is 41.8 Å². The van der Waals surface area contributed by atoms with E-state index in [-0.39, 0.29) is 35.7 Å². The average molecular weight is 629 g/mol. The van der Waals surface area contributed by atoms with Crippen molar-refractivity contribution in [2.45, 2.75) is 59.6 Å². The van der Waals surface area contributed by atoms with Crippen molar-refractivity contribution in [1.82, 2.24) is 19.9 Å². The first-order valence-electron chi connectivity index (χ1n) is 15.6. The average Bonchev–Trinajstić information content (AvgIpc) is 3.64. The van der Waals surface area contributed by atoms with Gasteiger partial charge in [-0.05, 0) is 42.4 Å². The van der Waals surface area contributed by atoms with E-state index in [0.717, 1.165) is 41.9 Å². The van der Waals surface area contributed by atoms with Crippen molar-refractivity contribution in [3.8, 4) is 0 Å². The summed E-state index contributed by atoms with van der Waals surface area (Å²) in [5.74, 6) is 0.341. The topological polar surface area (TPSA) is 121 Å². The Morgan fingerprint density at radius 1 is 1.07 bits per heavy atom. The van der Waals surface area contributed by atoms with Crippen molar-refractivity contribution in [3.63, 3.8) is 0 Å². The van der Waals surface area contributed by atoms with Crippen LogP contribution in [0.25, 0.3) is 11.0 Å². The zero-order valence-electron chi connectivity index (χ0n) is 26.2. The first kappa shape index (κ1) is 30.8. The van der Waals surface area contributed by atoms with E-state index in [2.05, 4.69) is 15.3 Å². The molecule has 2 atom stereocenters. The van der Waals surface area contributed by atoms with Crippen molar-refractivity contribution in [2.75, 3.05) is 29.9 Å². The molecule has 4 aromatic rings. The van der Waals surface area contributed by atoms with Gasteiger partial charge in [-0.1, -0.05) is 51.1 Å². The zero-order chi connectivity index (χ0) is 31.7. The van der Waals surface area contributed by atoms with Crippen LogP contribution in [0, 0.1) is 17.3 Å². The third-order valence-electron chi connectivity index (χ3n) is 8.86. The van der Waals surface area contributed by atoms with Gasteiger partial charge in [0.2, 0.25) is 11.9 Å². The van der Waals surface area contributed by atoms with Gasteiger partial charge in [0.05, 0.1) is 23.3 Å². The minimum Gasteiger partial charge on any atom is -0.458 e. The summed E-state index contributed by atoms with van der Waals surface area (Å²) in [6.45, 7) is 9.87. The van der Waals surface area contributed by atoms with E-state index < -0.39 is 6.10 Å². The van der Waals surface area contributed by atoms with Gasteiger partial charge in [-0.3, -0.25) is 14.4 Å². The number of hydrogen-bond donors (Lipinski definition) is 2. The second-order valence-electron chi connectivity index (χ2n) is 13.1. The Labute approximate surface area is 267 Å². The minimum atomic E-state index is -0.526. The molecule has 2 amide bonds. The number of carbonyl (C=O) groups is 3. The van der Waals surface area contributed by atoms with Gasteiger partial charge in [-0.25, -0.2) is 9.97 Å². The number of likely N-dealkylation sites (tertiary alicyclic amines) is 1. The number of imidazole rings is 1. The largest absolute Gasteiger partial charge is 0.458 e. The molecule has 2 aromatic heterocycles. The summed E-state index contributed by atoms with van der Waals surface area (Å²) in [6.07, 6.45) is 1.67. The fraction of sp³-hybridized carbons (Fsp3) is 0.441. The van der Waals surface area contributed by atoms with Crippen LogP contribution in [0.15, 0.2) is 53.9 Å². The lowest BCUT2D eigenvalue weighted by Crippen LogP contribution is -2.40. The number of carbonyl (C=O) groups excluding carboxylic acids is 3. The number of hydrogen-bond acceptors (Lipinski definition) is 8. The van der Waals surface area contributed by atoms with Gasteiger partial charge >= 0.3 is 5.97 Å². The van der Waals surface area contributed by atoms with Crippen LogP contribution in [-0.4, -0.2) is 57.3 Å². The molecule has 6 rings (SSSR count). The van der Waals surface area contributed by atoms with E-state index in [1.807, 2.05) is 74.2 Å². The second kappa shape index (κ2) is 12.6. The van der Waals surface area contributed by atoms with Gasteiger partial charge in [-0.2, -0.15) is 0 Å². The number of aromatic nitrogens is 3. The Morgan fingerprint density at radius 3 is 2.53 bits per heavy atom. The number of benzene rings is 2. The van der Waals surface area contributed by atoms with Crippen LogP contribution in [0.5, 0.6) is 0 Å². The molecule has 1 fully saturated rings. The molecular formula is C34H40N6O4S. The number of esters is 1. The highest BCUT2D eigenvalue weighted by molar-refractivity contribution is 7.09. The number of aromatic amines is 1. The predicted octanol–water partition coefficient (Wildman–Crippen LogP) is 6.19. The molecule has 11 heteroatoms. The van der Waals surface area contributed by atoms with Gasteiger partial charge in [0, 0.05) is 49.8 Å². The Bertz CT molecular complexity index is 1670. The van der Waals surface area contributed by atoms with E-state index >= 15 is 0 Å². The highest BCUT2D eigenvalue weighted by Gasteiger charge is 2.42. The minimum absolute atomic E-state index is 0.0361. The number of piperidine rings is 1. The van der Waals surface area contributed by atoms with Gasteiger partial charge in [0.1, 0.15) is 16.8 Å². The quantitative estimate of drug-likeness (QED) is 0.234. The first-order valence-corrected chi connectivity index (χ1v) is 16.4. The smallest absolute Gasteiger partial charge is 0.303 e. The SMILES string of the molecule is CC(=O)OC1CC(C(C)(C)C)C(=O)N(Cc2nc(C(=O)N3CCC(CNc4nc5ccccc5[nH]4)CC3)cs2)c2ccccc21. The molecule has 2 aliphatic rings. The van der Waals surface area contributed by atoms with E-state index in [9.17, 15) is 14.4 Å². The van der Waals surface area contributed by atoms with Gasteiger partial charge < -0.3 is 24.8 Å². The molecule has 1 saturated heterocycles. The molecular weight excluding hydrogens is 588 g/mol. The summed E-state index contributed by atoms with van der Waals surface area (Å²) < 4.78 is 5.74. The van der Waals surface area contributed by atoms with E-state index in [1.54, 1.807) is 10.3 Å². The lowest BCUT2D eigenvalue weighted by Gasteiger charge is -2.32. The molecule has 0 aliphatic carbocycles. The molecule has 4 heterocycles. The Hall–Kier alpha value is -4.25. The van der Waals surface area contributed by atoms with Gasteiger partial charge in [-0.15, -0.1) is 11.3 Å². The number of anilines is 2. The highest BCUT2D eigenvalue weighted by atomic mass is 32.1. The Balaban J connectivity index is 1.11. The summed E-state index contributed by atoms with van der Waals surface area (Å²) in [5, 5.41) is 5.90.